The average Bonchev–Trinajstić information content (AvgIpc) is 2.98. The van der Waals surface area contributed by atoms with Crippen LogP contribution in [0.2, 0.25) is 0 Å². The first-order valence-corrected chi connectivity index (χ1v) is 13.0. The van der Waals surface area contributed by atoms with E-state index < -0.39 is 18.3 Å². The summed E-state index contributed by atoms with van der Waals surface area (Å²) in [5.74, 6) is -1.73. The summed E-state index contributed by atoms with van der Waals surface area (Å²) in [4.78, 5) is 29.4. The molecule has 0 saturated heterocycles. The molecule has 0 aromatic heterocycles. The van der Waals surface area contributed by atoms with Gasteiger partial charge in [-0.15, -0.1) is 13.2 Å². The van der Waals surface area contributed by atoms with Crippen LogP contribution in [0.5, 0.6) is 5.75 Å². The molecule has 41 heavy (non-hydrogen) atoms. The van der Waals surface area contributed by atoms with Crippen molar-refractivity contribution in [2.45, 2.75) is 38.0 Å². The quantitative estimate of drug-likeness (QED) is 0.282. The van der Waals surface area contributed by atoms with Crippen molar-refractivity contribution in [1.29, 1.82) is 0 Å². The highest BCUT2D eigenvalue weighted by Gasteiger charge is 2.44. The first-order chi connectivity index (χ1) is 19.7. The van der Waals surface area contributed by atoms with Gasteiger partial charge >= 0.3 is 6.36 Å². The van der Waals surface area contributed by atoms with Gasteiger partial charge in [0.15, 0.2) is 0 Å². The summed E-state index contributed by atoms with van der Waals surface area (Å²) in [6.07, 6.45) is -4.82. The molecule has 0 saturated carbocycles. The Morgan fingerprint density at radius 2 is 1.46 bits per heavy atom. The van der Waals surface area contributed by atoms with Crippen molar-refractivity contribution in [3.05, 3.63) is 137 Å². The molecule has 0 fully saturated rings. The molecule has 0 radical (unpaired) electrons. The van der Waals surface area contributed by atoms with E-state index in [-0.39, 0.29) is 30.7 Å². The van der Waals surface area contributed by atoms with E-state index in [1.807, 2.05) is 30.3 Å². The zero-order chi connectivity index (χ0) is 29.0. The molecule has 4 aromatic carbocycles. The van der Waals surface area contributed by atoms with Crippen LogP contribution in [0.3, 0.4) is 0 Å². The van der Waals surface area contributed by atoms with Gasteiger partial charge in [0.1, 0.15) is 5.75 Å². The Morgan fingerprint density at radius 1 is 0.829 bits per heavy atom. The number of fused-ring (bicyclic) bond motifs is 1. The van der Waals surface area contributed by atoms with Gasteiger partial charge in [-0.3, -0.25) is 9.59 Å². The molecule has 9 heteroatoms. The lowest BCUT2D eigenvalue weighted by atomic mass is 9.78. The minimum Gasteiger partial charge on any atom is -0.406 e. The topological polar surface area (TPSA) is 78.9 Å². The molecule has 210 valence electrons. The molecule has 0 aliphatic carbocycles. The van der Waals surface area contributed by atoms with Crippen LogP contribution in [0.15, 0.2) is 103 Å². The molecular weight excluding hydrogens is 533 g/mol. The number of ether oxygens (including phenoxy) is 1. The van der Waals surface area contributed by atoms with E-state index in [0.29, 0.717) is 34.4 Å². The summed E-state index contributed by atoms with van der Waals surface area (Å²) in [6, 6.07) is 28.0. The maximum Gasteiger partial charge on any atom is 0.573 e. The first kappa shape index (κ1) is 27.9. The number of halogens is 3. The van der Waals surface area contributed by atoms with E-state index in [4.69, 9.17) is 0 Å². The Morgan fingerprint density at radius 3 is 2.12 bits per heavy atom. The third kappa shape index (κ3) is 6.41. The van der Waals surface area contributed by atoms with Crippen LogP contribution in [0.4, 0.5) is 13.2 Å². The number of hydrogen-bond acceptors (Lipinski definition) is 4. The SMILES string of the molecule is O=C(NCc1ccccc1)C1c2ccccc2C(=O)N(Cc2ccc(OC(F)(F)F)cc2)C1c1ccc(CO)cc1. The van der Waals surface area contributed by atoms with Gasteiger partial charge in [-0.25, -0.2) is 0 Å². The van der Waals surface area contributed by atoms with E-state index in [2.05, 4.69) is 10.1 Å². The van der Waals surface area contributed by atoms with Crippen LogP contribution < -0.4 is 10.1 Å². The monoisotopic (exact) mass is 560 g/mol. The third-order valence-electron chi connectivity index (χ3n) is 7.04. The minimum absolute atomic E-state index is 0.0361. The van der Waals surface area contributed by atoms with Gasteiger partial charge in [0.25, 0.3) is 5.91 Å². The van der Waals surface area contributed by atoms with Crippen molar-refractivity contribution in [2.75, 3.05) is 0 Å². The second-order valence-electron chi connectivity index (χ2n) is 9.74. The van der Waals surface area contributed by atoms with Crippen molar-refractivity contribution in [3.63, 3.8) is 0 Å². The molecule has 2 amide bonds. The van der Waals surface area contributed by atoms with Crippen LogP contribution in [0, 0.1) is 0 Å². The summed E-state index contributed by atoms with van der Waals surface area (Å²) < 4.78 is 42.0. The molecule has 6 nitrogen and oxygen atoms in total. The number of carbonyl (C=O) groups is 2. The number of carbonyl (C=O) groups excluding carboxylic acids is 2. The standard InChI is InChI=1S/C32H27F3N2O4/c33-32(34,35)41-25-16-12-22(13-17-25)19-37-29(24-14-10-23(20-38)11-15-24)28(26-8-4-5-9-27(26)31(37)40)30(39)36-18-21-6-2-1-3-7-21/h1-17,28-29,38H,18-20H2,(H,36,39). The zero-order valence-corrected chi connectivity index (χ0v) is 21.8. The predicted octanol–water partition coefficient (Wildman–Crippen LogP) is 5.87. The van der Waals surface area contributed by atoms with Crippen LogP contribution in [-0.4, -0.2) is 28.2 Å². The van der Waals surface area contributed by atoms with Gasteiger partial charge in [-0.1, -0.05) is 84.9 Å². The van der Waals surface area contributed by atoms with Crippen molar-refractivity contribution in [1.82, 2.24) is 10.2 Å². The number of nitrogens with one attached hydrogen (secondary N) is 1. The number of aliphatic hydroxyl groups is 1. The Kier molecular flexibility index (Phi) is 8.07. The number of amides is 2. The lowest BCUT2D eigenvalue weighted by Crippen LogP contribution is -2.47. The molecule has 1 heterocycles. The molecule has 5 rings (SSSR count). The maximum atomic E-state index is 13.9. The van der Waals surface area contributed by atoms with Gasteiger partial charge in [-0.05, 0) is 46.0 Å². The number of aliphatic hydroxyl groups excluding tert-OH is 1. The van der Waals surface area contributed by atoms with Crippen molar-refractivity contribution in [2.24, 2.45) is 0 Å². The van der Waals surface area contributed by atoms with Crippen molar-refractivity contribution >= 4 is 11.8 Å². The van der Waals surface area contributed by atoms with Crippen LogP contribution >= 0.6 is 0 Å². The summed E-state index contributed by atoms with van der Waals surface area (Å²) >= 11 is 0. The molecule has 1 aliphatic rings. The second-order valence-corrected chi connectivity index (χ2v) is 9.74. The third-order valence-corrected chi connectivity index (χ3v) is 7.04. The smallest absolute Gasteiger partial charge is 0.406 e. The Bertz CT molecular complexity index is 1510. The maximum absolute atomic E-state index is 13.9. The van der Waals surface area contributed by atoms with Crippen molar-refractivity contribution < 1.29 is 32.6 Å². The zero-order valence-electron chi connectivity index (χ0n) is 21.8. The van der Waals surface area contributed by atoms with E-state index in [9.17, 15) is 27.9 Å². The van der Waals surface area contributed by atoms with Gasteiger partial charge in [0.05, 0.1) is 18.6 Å². The minimum atomic E-state index is -4.82. The number of hydrogen-bond donors (Lipinski definition) is 2. The second kappa shape index (κ2) is 11.9. The van der Waals surface area contributed by atoms with Gasteiger partial charge < -0.3 is 20.1 Å². The molecule has 2 N–H and O–H groups in total. The molecule has 2 atom stereocenters. The number of alkyl halides is 3. The summed E-state index contributed by atoms with van der Waals surface area (Å²) in [5.41, 5.74) is 3.81. The highest BCUT2D eigenvalue weighted by Crippen LogP contribution is 2.44. The van der Waals surface area contributed by atoms with Crippen LogP contribution in [0.25, 0.3) is 0 Å². The Hall–Kier alpha value is -4.63. The van der Waals surface area contributed by atoms with Crippen molar-refractivity contribution in [3.8, 4) is 5.75 Å². The average molecular weight is 561 g/mol. The number of rotatable bonds is 8. The fourth-order valence-electron chi connectivity index (χ4n) is 5.13. The molecule has 4 aromatic rings. The summed E-state index contributed by atoms with van der Waals surface area (Å²) in [5, 5.41) is 12.6. The fraction of sp³-hybridized carbons (Fsp3) is 0.188. The normalized spacial score (nSPS) is 16.7. The number of nitrogens with zero attached hydrogens (tertiary/aromatic N) is 1. The predicted molar refractivity (Wildman–Crippen MR) is 146 cm³/mol. The fourth-order valence-corrected chi connectivity index (χ4v) is 5.13. The molecule has 0 spiro atoms. The van der Waals surface area contributed by atoms with E-state index >= 15 is 0 Å². The lowest BCUT2D eigenvalue weighted by molar-refractivity contribution is -0.274. The van der Waals surface area contributed by atoms with E-state index in [1.165, 1.54) is 24.3 Å². The van der Waals surface area contributed by atoms with E-state index in [0.717, 1.165) is 5.56 Å². The molecule has 2 unspecified atom stereocenters. The molecule has 1 aliphatic heterocycles. The van der Waals surface area contributed by atoms with Crippen LogP contribution in [-0.2, 0) is 24.5 Å². The van der Waals surface area contributed by atoms with E-state index in [1.54, 1.807) is 53.4 Å². The van der Waals surface area contributed by atoms with Gasteiger partial charge in [-0.2, -0.15) is 0 Å². The Labute approximate surface area is 235 Å². The highest BCUT2D eigenvalue weighted by atomic mass is 19.4. The van der Waals surface area contributed by atoms with Gasteiger partial charge in [0, 0.05) is 18.7 Å². The highest BCUT2D eigenvalue weighted by molar-refractivity contribution is 6.01. The summed E-state index contributed by atoms with van der Waals surface area (Å²) in [7, 11) is 0. The lowest BCUT2D eigenvalue weighted by Gasteiger charge is -2.42. The number of benzene rings is 4. The van der Waals surface area contributed by atoms with Gasteiger partial charge in [0.2, 0.25) is 5.91 Å². The summed E-state index contributed by atoms with van der Waals surface area (Å²) in [6.45, 7) is 0.168. The van der Waals surface area contributed by atoms with Crippen LogP contribution in [0.1, 0.15) is 50.1 Å². The molecule has 0 bridgehead atoms. The largest absolute Gasteiger partial charge is 0.573 e. The first-order valence-electron chi connectivity index (χ1n) is 13.0. The Balaban J connectivity index is 1.54. The molecular formula is C32H27F3N2O4.